The quantitative estimate of drug-likeness (QED) is 0.0196. The summed E-state index contributed by atoms with van der Waals surface area (Å²) in [6, 6.07) is 5.92. The smallest absolute Gasteiger partial charge is 0.446 e. The van der Waals surface area contributed by atoms with Crippen molar-refractivity contribution in [1.82, 2.24) is 58.2 Å². The molecule has 18 N–H and O–H groups in total. The number of hydrogen-bond donors (Lipinski definition) is 16. The van der Waals surface area contributed by atoms with Gasteiger partial charge in [0.15, 0.2) is 0 Å². The van der Waals surface area contributed by atoms with Crippen molar-refractivity contribution in [3.05, 3.63) is 102 Å². The van der Waals surface area contributed by atoms with Gasteiger partial charge in [-0.3, -0.25) is 71.7 Å². The van der Waals surface area contributed by atoms with Gasteiger partial charge in [0.2, 0.25) is 70.9 Å². The SMILES string of the molecule is CSCC[C@H](NC(=O)[C@H](Cc1ccc(OS(=O)(=O)O)cc1)NC(=O)[C@H](CC(=O)O)NC(=O)[C@H](CCC(N)=O)NC(=O)[C@@H]1CCC(=O)N1)C(=O)NCC(=O)N[C@@H](Cc1c[nH]c2ccccc12)C(=O)N[C@@H](CCSC)C(=O)N[C@@H](CC(=O)O)C(=O)N[C@@H](Cc1ccccc1)C(N)=O. The molecule has 0 radical (unpaired) electrons. The topological polar surface area (TPSA) is 531 Å². The summed E-state index contributed by atoms with van der Waals surface area (Å²) in [5.41, 5.74) is 12.8. The molecular formula is C59H75N13O20S3. The van der Waals surface area contributed by atoms with Gasteiger partial charge in [-0.25, -0.2) is 0 Å². The molecule has 1 fully saturated rings. The standard InChI is InChI=1S/C59H75N13O20S3/c1-93-22-20-39(67-56(85)42(25-32-12-14-34(15-13-32)92-95(89,90)91)70-59(88)45(28-50(78)79)71-54(83)38(16-18-46(60)73)66-53(82)37-17-19-47(74)64-37)52(81)63-30-48(75)65-43(26-33-29-62-36-11-7-6-10-35(33)36)57(86)68-40(21-23-94-2)55(84)72-44(27-49(76)77)58(87)69-41(51(61)80)24-31-8-4-3-5-9-31/h3-15,29,37-45,62H,16-28,30H2,1-2H3,(H2,60,73)(H2,61,80)(H,63,81)(H,64,74)(H,65,75)(H,66,82)(H,67,85)(H,68,86)(H,69,87)(H,70,88)(H,71,83)(H,72,84)(H,76,77)(H,78,79)(H,89,90,91)/t37-,38-,39-,40-,41-,42-,43-,44-,45-/m0/s1. The number of aromatic nitrogens is 1. The van der Waals surface area contributed by atoms with Gasteiger partial charge in [-0.1, -0.05) is 60.7 Å². The Hall–Kier alpha value is -9.81. The van der Waals surface area contributed by atoms with Gasteiger partial charge in [0.1, 0.15) is 60.1 Å². The first-order valence-corrected chi connectivity index (χ1v) is 33.5. The molecule has 0 unspecified atom stereocenters. The van der Waals surface area contributed by atoms with Crippen LogP contribution in [0.1, 0.15) is 68.1 Å². The van der Waals surface area contributed by atoms with Crippen LogP contribution in [0.4, 0.5) is 0 Å². The minimum Gasteiger partial charge on any atom is -0.481 e. The van der Waals surface area contributed by atoms with E-state index in [0.717, 1.165) is 12.1 Å². The number of H-pyrrole nitrogens is 1. The van der Waals surface area contributed by atoms with E-state index in [1.54, 1.807) is 73.3 Å². The lowest BCUT2D eigenvalue weighted by Crippen LogP contribution is -2.60. The number of amides is 12. The normalized spacial score (nSPS) is 15.2. The molecule has 0 bridgehead atoms. The summed E-state index contributed by atoms with van der Waals surface area (Å²) in [6.45, 7) is -0.855. The highest BCUT2D eigenvalue weighted by atomic mass is 32.3. The second-order valence-electron chi connectivity index (χ2n) is 21.7. The zero-order valence-electron chi connectivity index (χ0n) is 51.3. The first kappa shape index (κ1) is 75.9. The molecule has 1 aromatic heterocycles. The molecule has 0 spiro atoms. The van der Waals surface area contributed by atoms with Crippen LogP contribution in [0.3, 0.4) is 0 Å². The third-order valence-corrected chi connectivity index (χ3v) is 16.1. The zero-order valence-corrected chi connectivity index (χ0v) is 53.8. The Labute approximate surface area is 552 Å². The van der Waals surface area contributed by atoms with Gasteiger partial charge in [-0.2, -0.15) is 31.9 Å². The van der Waals surface area contributed by atoms with Gasteiger partial charge in [-0.15, -0.1) is 0 Å². The van der Waals surface area contributed by atoms with Crippen LogP contribution >= 0.6 is 23.5 Å². The number of primary amides is 2. The van der Waals surface area contributed by atoms with Crippen LogP contribution in [-0.2, 0) is 96.8 Å². The predicted octanol–water partition coefficient (Wildman–Crippen LogP) is -3.14. The summed E-state index contributed by atoms with van der Waals surface area (Å²) in [7, 11) is -4.99. The Morgan fingerprint density at radius 1 is 0.579 bits per heavy atom. The number of nitrogens with two attached hydrogens (primary N) is 2. The number of nitrogens with one attached hydrogen (secondary N) is 11. The van der Waals surface area contributed by atoms with Crippen molar-refractivity contribution < 1.29 is 94.5 Å². The maximum Gasteiger partial charge on any atom is 0.446 e. The van der Waals surface area contributed by atoms with E-state index in [1.165, 1.54) is 35.7 Å². The predicted molar refractivity (Wildman–Crippen MR) is 342 cm³/mol. The van der Waals surface area contributed by atoms with Crippen LogP contribution in [0, 0.1) is 0 Å². The molecule has 0 aliphatic carbocycles. The van der Waals surface area contributed by atoms with Crippen molar-refractivity contribution in [2.24, 2.45) is 11.5 Å². The molecule has 514 valence electrons. The van der Waals surface area contributed by atoms with Crippen LogP contribution in [0.15, 0.2) is 85.1 Å². The highest BCUT2D eigenvalue weighted by molar-refractivity contribution is 7.98. The van der Waals surface area contributed by atoms with Crippen LogP contribution in [0.2, 0.25) is 0 Å². The highest BCUT2D eigenvalue weighted by Gasteiger charge is 2.37. The van der Waals surface area contributed by atoms with Gasteiger partial charge in [0.05, 0.1) is 19.4 Å². The molecule has 2 heterocycles. The Kier molecular flexibility index (Phi) is 29.7. The summed E-state index contributed by atoms with van der Waals surface area (Å²) in [5, 5.41) is 44.6. The fourth-order valence-electron chi connectivity index (χ4n) is 9.64. The number of carboxylic acid groups (broad SMARTS) is 2. The minimum absolute atomic E-state index is 0.00836. The van der Waals surface area contributed by atoms with Crippen molar-refractivity contribution in [2.75, 3.05) is 30.6 Å². The number of carboxylic acids is 2. The lowest BCUT2D eigenvalue weighted by atomic mass is 10.0. The van der Waals surface area contributed by atoms with E-state index in [1.807, 2.05) is 0 Å². The summed E-state index contributed by atoms with van der Waals surface area (Å²) in [6.07, 6.45) is 0.974. The number of carbonyl (C=O) groups is 14. The molecule has 95 heavy (non-hydrogen) atoms. The van der Waals surface area contributed by atoms with E-state index < -0.39 is 186 Å². The largest absolute Gasteiger partial charge is 0.481 e. The molecule has 12 amide bonds. The number of fused-ring (bicyclic) bond motifs is 1. The summed E-state index contributed by atoms with van der Waals surface area (Å²) >= 11 is 2.51. The fraction of sp³-hybridized carbons (Fsp3) is 0.424. The van der Waals surface area contributed by atoms with E-state index in [-0.39, 0.29) is 61.3 Å². The van der Waals surface area contributed by atoms with E-state index in [2.05, 4.69) is 62.3 Å². The molecule has 3 aromatic carbocycles. The number of aliphatic carboxylic acids is 2. The second kappa shape index (κ2) is 37.2. The third kappa shape index (κ3) is 25.9. The Bertz CT molecular complexity index is 3560. The van der Waals surface area contributed by atoms with Gasteiger partial charge in [0, 0.05) is 49.2 Å². The number of para-hydroxylation sites is 1. The van der Waals surface area contributed by atoms with Gasteiger partial charge in [0.25, 0.3) is 0 Å². The lowest BCUT2D eigenvalue weighted by Gasteiger charge is -2.27. The van der Waals surface area contributed by atoms with E-state index >= 15 is 0 Å². The van der Waals surface area contributed by atoms with Crippen LogP contribution in [0.25, 0.3) is 10.9 Å². The summed E-state index contributed by atoms with van der Waals surface area (Å²) in [4.78, 5) is 189. The highest BCUT2D eigenvalue weighted by Crippen LogP contribution is 2.21. The first-order chi connectivity index (χ1) is 45.0. The van der Waals surface area contributed by atoms with Crippen molar-refractivity contribution >= 4 is 128 Å². The van der Waals surface area contributed by atoms with E-state index in [9.17, 15) is 90.3 Å². The fourth-order valence-corrected chi connectivity index (χ4v) is 10.9. The number of benzene rings is 3. The van der Waals surface area contributed by atoms with Crippen LogP contribution in [-0.4, -0.2) is 196 Å². The molecule has 1 aliphatic heterocycles. The van der Waals surface area contributed by atoms with Crippen molar-refractivity contribution in [3.63, 3.8) is 0 Å². The Balaban J connectivity index is 1.37. The molecule has 1 saturated heterocycles. The van der Waals surface area contributed by atoms with Crippen LogP contribution in [0.5, 0.6) is 5.75 Å². The van der Waals surface area contributed by atoms with Crippen LogP contribution < -0.4 is 68.8 Å². The Morgan fingerprint density at radius 2 is 1.05 bits per heavy atom. The van der Waals surface area contributed by atoms with Crippen molar-refractivity contribution in [3.8, 4) is 5.75 Å². The van der Waals surface area contributed by atoms with Crippen molar-refractivity contribution in [1.29, 1.82) is 0 Å². The first-order valence-electron chi connectivity index (χ1n) is 29.4. The number of aromatic amines is 1. The van der Waals surface area contributed by atoms with Gasteiger partial charge < -0.3 is 84.0 Å². The average Bonchev–Trinajstić information content (AvgIpc) is 1.71. The molecule has 1 aliphatic rings. The van der Waals surface area contributed by atoms with Gasteiger partial charge >= 0.3 is 22.3 Å². The number of hydrogen-bond acceptors (Lipinski definition) is 19. The molecule has 0 saturated carbocycles. The van der Waals surface area contributed by atoms with Gasteiger partial charge in [-0.05, 0) is 84.6 Å². The average molecular weight is 1380 g/mol. The molecule has 33 nitrogen and oxygen atoms in total. The molecule has 5 rings (SSSR count). The van der Waals surface area contributed by atoms with E-state index in [4.69, 9.17) is 11.5 Å². The molecular weight excluding hydrogens is 1310 g/mol. The monoisotopic (exact) mass is 1380 g/mol. The zero-order chi connectivity index (χ0) is 69.9. The third-order valence-electron chi connectivity index (χ3n) is 14.4. The molecule has 4 aromatic rings. The molecule has 9 atom stereocenters. The number of carbonyl (C=O) groups excluding carboxylic acids is 12. The maximum absolute atomic E-state index is 14.5. The minimum atomic E-state index is -4.99. The maximum atomic E-state index is 14.5. The summed E-state index contributed by atoms with van der Waals surface area (Å²) < 4.78 is 36.5. The second-order valence-corrected chi connectivity index (χ2v) is 24.7. The lowest BCUT2D eigenvalue weighted by molar-refractivity contribution is -0.142. The Morgan fingerprint density at radius 3 is 1.58 bits per heavy atom. The summed E-state index contributed by atoms with van der Waals surface area (Å²) in [5.74, 6) is -14.8. The van der Waals surface area contributed by atoms with Crippen molar-refractivity contribution in [2.45, 2.75) is 125 Å². The molecule has 36 heteroatoms. The number of rotatable bonds is 40. The number of thioether (sulfide) groups is 2. The van der Waals surface area contributed by atoms with E-state index in [0.29, 0.717) is 22.0 Å².